The largest absolute Gasteiger partial charge is 0.342 e. The minimum absolute atomic E-state index is 0.173. The topological polar surface area (TPSA) is 102 Å². The highest BCUT2D eigenvalue weighted by Gasteiger charge is 2.19. The van der Waals surface area contributed by atoms with E-state index in [1.54, 1.807) is 22.9 Å². The second-order valence-electron chi connectivity index (χ2n) is 6.47. The summed E-state index contributed by atoms with van der Waals surface area (Å²) in [6.45, 7) is 3.73. The van der Waals surface area contributed by atoms with E-state index in [1.807, 2.05) is 51.2 Å². The molecule has 0 aliphatic carbocycles. The number of hydrogen-bond donors (Lipinski definition) is 2. The highest BCUT2D eigenvalue weighted by atomic mass is 32.2. The molecule has 0 saturated heterocycles. The van der Waals surface area contributed by atoms with E-state index in [0.717, 1.165) is 5.56 Å². The van der Waals surface area contributed by atoms with Gasteiger partial charge in [-0.2, -0.15) is 0 Å². The quantitative estimate of drug-likeness (QED) is 0.581. The Kier molecular flexibility index (Phi) is 6.61. The van der Waals surface area contributed by atoms with Gasteiger partial charge in [0.1, 0.15) is 5.82 Å². The number of thioether (sulfide) groups is 1. The lowest BCUT2D eigenvalue weighted by atomic mass is 10.2. The zero-order chi connectivity index (χ0) is 20.8. The number of nitrogens with zero attached hydrogens (tertiary/aromatic N) is 4. The maximum atomic E-state index is 12.3. The molecule has 1 atom stereocenters. The standard InChI is InChI=1S/C20H22N6O2S/c1-13-8-7-11-21-17(13)23-16(27)12-29-20-25-24-18(26(20)3)14(2)22-19(28)15-9-5-4-6-10-15/h4-11,14H,12H2,1-3H3,(H,22,28)(H,21,23,27)/t14-/m1/s1. The van der Waals surface area contributed by atoms with Crippen LogP contribution in [0.2, 0.25) is 0 Å². The Morgan fingerprint density at radius 2 is 1.90 bits per heavy atom. The van der Waals surface area contributed by atoms with Gasteiger partial charge in [0.05, 0.1) is 11.8 Å². The van der Waals surface area contributed by atoms with Crippen molar-refractivity contribution >= 4 is 29.4 Å². The van der Waals surface area contributed by atoms with Crippen LogP contribution in [0.5, 0.6) is 0 Å². The van der Waals surface area contributed by atoms with Crippen molar-refractivity contribution in [3.05, 3.63) is 65.6 Å². The molecule has 8 nitrogen and oxygen atoms in total. The zero-order valence-corrected chi connectivity index (χ0v) is 17.2. The number of anilines is 1. The number of carbonyl (C=O) groups excluding carboxylic acids is 2. The van der Waals surface area contributed by atoms with Gasteiger partial charge >= 0.3 is 0 Å². The number of benzene rings is 1. The van der Waals surface area contributed by atoms with Crippen molar-refractivity contribution in [2.75, 3.05) is 11.1 Å². The summed E-state index contributed by atoms with van der Waals surface area (Å²) < 4.78 is 1.78. The molecule has 0 aliphatic heterocycles. The Morgan fingerprint density at radius 1 is 1.14 bits per heavy atom. The van der Waals surface area contributed by atoms with Crippen molar-refractivity contribution in [3.63, 3.8) is 0 Å². The average molecular weight is 411 g/mol. The lowest BCUT2D eigenvalue weighted by Crippen LogP contribution is -2.28. The maximum Gasteiger partial charge on any atom is 0.251 e. The zero-order valence-electron chi connectivity index (χ0n) is 16.4. The molecule has 0 unspecified atom stereocenters. The van der Waals surface area contributed by atoms with Crippen molar-refractivity contribution in [1.82, 2.24) is 25.1 Å². The monoisotopic (exact) mass is 410 g/mol. The lowest BCUT2D eigenvalue weighted by molar-refractivity contribution is -0.113. The molecular formula is C20H22N6O2S. The Bertz CT molecular complexity index is 1010. The van der Waals surface area contributed by atoms with Crippen LogP contribution in [0.3, 0.4) is 0 Å². The number of aryl methyl sites for hydroxylation is 1. The van der Waals surface area contributed by atoms with Crippen LogP contribution in [-0.4, -0.2) is 37.3 Å². The summed E-state index contributed by atoms with van der Waals surface area (Å²) in [5.41, 5.74) is 1.48. The van der Waals surface area contributed by atoms with Crippen molar-refractivity contribution in [3.8, 4) is 0 Å². The number of rotatable bonds is 7. The van der Waals surface area contributed by atoms with Gasteiger partial charge in [-0.05, 0) is 37.6 Å². The molecule has 3 aromatic rings. The lowest BCUT2D eigenvalue weighted by Gasteiger charge is -2.13. The molecule has 29 heavy (non-hydrogen) atoms. The third-order valence-electron chi connectivity index (χ3n) is 4.24. The molecule has 2 amide bonds. The number of carbonyl (C=O) groups is 2. The third kappa shape index (κ3) is 5.20. The van der Waals surface area contributed by atoms with Gasteiger partial charge in [0.25, 0.3) is 5.91 Å². The first-order valence-corrected chi connectivity index (χ1v) is 10.0. The number of pyridine rings is 1. The predicted molar refractivity (Wildman–Crippen MR) is 112 cm³/mol. The number of amides is 2. The minimum atomic E-state index is -0.334. The highest BCUT2D eigenvalue weighted by molar-refractivity contribution is 7.99. The molecule has 0 radical (unpaired) electrons. The van der Waals surface area contributed by atoms with Gasteiger partial charge in [0.2, 0.25) is 5.91 Å². The second kappa shape index (κ2) is 9.33. The van der Waals surface area contributed by atoms with Crippen LogP contribution in [0.25, 0.3) is 0 Å². The SMILES string of the molecule is Cc1cccnc1NC(=O)CSc1nnc([C@@H](C)NC(=O)c2ccccc2)n1C. The third-order valence-corrected chi connectivity index (χ3v) is 5.26. The molecule has 0 saturated carbocycles. The summed E-state index contributed by atoms with van der Waals surface area (Å²) in [7, 11) is 1.81. The molecular weight excluding hydrogens is 388 g/mol. The van der Waals surface area contributed by atoms with Gasteiger partial charge in [0.15, 0.2) is 11.0 Å². The Hall–Kier alpha value is -3.20. The Labute approximate surface area is 173 Å². The van der Waals surface area contributed by atoms with E-state index >= 15 is 0 Å². The molecule has 3 rings (SSSR count). The van der Waals surface area contributed by atoms with Crippen LogP contribution in [0.15, 0.2) is 53.8 Å². The van der Waals surface area contributed by atoms with Gasteiger partial charge in [-0.3, -0.25) is 9.59 Å². The van der Waals surface area contributed by atoms with E-state index in [-0.39, 0.29) is 23.6 Å². The average Bonchev–Trinajstić information content (AvgIpc) is 3.09. The van der Waals surface area contributed by atoms with Gasteiger partial charge < -0.3 is 15.2 Å². The van der Waals surface area contributed by atoms with Gasteiger partial charge in [-0.25, -0.2) is 4.98 Å². The van der Waals surface area contributed by atoms with E-state index in [4.69, 9.17) is 0 Å². The smallest absolute Gasteiger partial charge is 0.251 e. The fraction of sp³-hybridized carbons (Fsp3) is 0.250. The van der Waals surface area contributed by atoms with Crippen LogP contribution in [0.1, 0.15) is 34.7 Å². The molecule has 0 fully saturated rings. The summed E-state index contributed by atoms with van der Waals surface area (Å²) >= 11 is 1.27. The fourth-order valence-corrected chi connectivity index (χ4v) is 3.40. The maximum absolute atomic E-state index is 12.3. The molecule has 0 spiro atoms. The van der Waals surface area contributed by atoms with Crippen LogP contribution in [0.4, 0.5) is 5.82 Å². The molecule has 2 N–H and O–H groups in total. The summed E-state index contributed by atoms with van der Waals surface area (Å²) in [5, 5.41) is 14.6. The van der Waals surface area contributed by atoms with E-state index in [1.165, 1.54) is 11.8 Å². The van der Waals surface area contributed by atoms with E-state index < -0.39 is 0 Å². The molecule has 2 heterocycles. The van der Waals surface area contributed by atoms with Crippen molar-refractivity contribution in [2.24, 2.45) is 7.05 Å². The Balaban J connectivity index is 1.58. The predicted octanol–water partition coefficient (Wildman–Crippen LogP) is 2.74. The minimum Gasteiger partial charge on any atom is -0.342 e. The van der Waals surface area contributed by atoms with Gasteiger partial charge in [-0.15, -0.1) is 10.2 Å². The molecule has 1 aromatic carbocycles. The summed E-state index contributed by atoms with van der Waals surface area (Å²) in [6, 6.07) is 12.4. The normalized spacial score (nSPS) is 11.7. The van der Waals surface area contributed by atoms with Crippen molar-refractivity contribution in [1.29, 1.82) is 0 Å². The van der Waals surface area contributed by atoms with E-state index in [9.17, 15) is 9.59 Å². The van der Waals surface area contributed by atoms with Crippen molar-refractivity contribution in [2.45, 2.75) is 25.0 Å². The molecule has 150 valence electrons. The summed E-state index contributed by atoms with van der Waals surface area (Å²) in [6.07, 6.45) is 1.63. The van der Waals surface area contributed by atoms with Gasteiger partial charge in [0, 0.05) is 18.8 Å². The van der Waals surface area contributed by atoms with E-state index in [2.05, 4.69) is 25.8 Å². The molecule has 0 aliphatic rings. The molecule has 0 bridgehead atoms. The van der Waals surface area contributed by atoms with Crippen LogP contribution >= 0.6 is 11.8 Å². The first-order valence-electron chi connectivity index (χ1n) is 9.05. The van der Waals surface area contributed by atoms with Crippen LogP contribution in [-0.2, 0) is 11.8 Å². The Morgan fingerprint density at radius 3 is 2.62 bits per heavy atom. The number of hydrogen-bond acceptors (Lipinski definition) is 6. The van der Waals surface area contributed by atoms with E-state index in [0.29, 0.717) is 22.4 Å². The summed E-state index contributed by atoms with van der Waals surface area (Å²) in [5.74, 6) is 0.978. The van der Waals surface area contributed by atoms with Gasteiger partial charge in [-0.1, -0.05) is 36.0 Å². The second-order valence-corrected chi connectivity index (χ2v) is 7.41. The number of nitrogens with one attached hydrogen (secondary N) is 2. The number of aromatic nitrogens is 4. The van der Waals surface area contributed by atoms with Crippen LogP contribution < -0.4 is 10.6 Å². The molecule has 2 aromatic heterocycles. The summed E-state index contributed by atoms with van der Waals surface area (Å²) in [4.78, 5) is 28.7. The van der Waals surface area contributed by atoms with Crippen LogP contribution in [0, 0.1) is 6.92 Å². The molecule has 9 heteroatoms. The first kappa shape index (κ1) is 20.5. The fourth-order valence-electron chi connectivity index (χ4n) is 2.68. The first-order chi connectivity index (χ1) is 14.0. The highest BCUT2D eigenvalue weighted by Crippen LogP contribution is 2.20. The van der Waals surface area contributed by atoms with Crippen molar-refractivity contribution < 1.29 is 9.59 Å².